The van der Waals surface area contributed by atoms with Crippen LogP contribution >= 0.6 is 0 Å². The highest BCUT2D eigenvalue weighted by molar-refractivity contribution is 6.01. The number of nitrogens with one attached hydrogen (secondary N) is 1. The Morgan fingerprint density at radius 1 is 1.06 bits per heavy atom. The predicted molar refractivity (Wildman–Crippen MR) is 119 cm³/mol. The molecule has 1 amide bonds. The van der Waals surface area contributed by atoms with Gasteiger partial charge in [-0.2, -0.15) is 26.3 Å². The van der Waals surface area contributed by atoms with E-state index in [1.54, 1.807) is 6.07 Å². The van der Waals surface area contributed by atoms with Crippen molar-refractivity contribution in [1.82, 2.24) is 4.57 Å². The first-order chi connectivity index (χ1) is 16.1. The lowest BCUT2D eigenvalue weighted by atomic mass is 9.90. The maximum atomic E-state index is 13.5. The Balaban J connectivity index is 1.87. The lowest BCUT2D eigenvalue weighted by Gasteiger charge is -2.36. The molecule has 2 aromatic carbocycles. The Kier molecular flexibility index (Phi) is 5.94. The molecule has 1 atom stereocenters. The quantitative estimate of drug-likeness (QED) is 0.366. The van der Waals surface area contributed by atoms with Crippen LogP contribution in [0.3, 0.4) is 0 Å². The molecule has 0 saturated heterocycles. The van der Waals surface area contributed by atoms with Gasteiger partial charge in [0.25, 0.3) is 0 Å². The molecule has 1 aliphatic rings. The van der Waals surface area contributed by atoms with Crippen molar-refractivity contribution in [3.63, 3.8) is 0 Å². The molecule has 2 heterocycles. The molecule has 3 aromatic rings. The van der Waals surface area contributed by atoms with Crippen LogP contribution in [0.5, 0.6) is 0 Å². The zero-order chi connectivity index (χ0) is 25.9. The van der Waals surface area contributed by atoms with Gasteiger partial charge in [0, 0.05) is 17.5 Å². The largest absolute Gasteiger partial charge is 0.416 e. The van der Waals surface area contributed by atoms with Crippen molar-refractivity contribution < 1.29 is 35.9 Å². The highest BCUT2D eigenvalue weighted by Gasteiger charge is 2.39. The Labute approximate surface area is 197 Å². The molecule has 1 aromatic heterocycles. The molecular formula is C25H24F6N2O2. The summed E-state index contributed by atoms with van der Waals surface area (Å²) in [6.07, 6.45) is -9.53. The number of carbonyl (C=O) groups is 1. The monoisotopic (exact) mass is 498 g/mol. The third-order valence-electron chi connectivity index (χ3n) is 6.05. The number of halogens is 6. The van der Waals surface area contributed by atoms with E-state index in [-0.39, 0.29) is 6.07 Å². The summed E-state index contributed by atoms with van der Waals surface area (Å²) < 4.78 is 87.2. The minimum absolute atomic E-state index is 0.0228. The fourth-order valence-electron chi connectivity index (χ4n) is 4.62. The van der Waals surface area contributed by atoms with Crippen LogP contribution in [-0.4, -0.2) is 16.2 Å². The van der Waals surface area contributed by atoms with Gasteiger partial charge in [0.1, 0.15) is 0 Å². The molecule has 1 N–H and O–H groups in total. The predicted octanol–water partition coefficient (Wildman–Crippen LogP) is 7.87. The number of fused-ring (bicyclic) bond motifs is 3. The molecule has 0 spiro atoms. The second-order valence-corrected chi connectivity index (χ2v) is 9.40. The molecule has 0 fully saturated rings. The average Bonchev–Trinajstić information content (AvgIpc) is 3.03. The van der Waals surface area contributed by atoms with Gasteiger partial charge in [-0.1, -0.05) is 19.1 Å². The number of hydrogen-bond donors (Lipinski definition) is 1. The molecule has 10 heteroatoms. The van der Waals surface area contributed by atoms with Crippen LogP contribution in [0.2, 0.25) is 0 Å². The van der Waals surface area contributed by atoms with E-state index in [0.29, 0.717) is 36.2 Å². The first-order valence-electron chi connectivity index (χ1n) is 11.0. The average molecular weight is 498 g/mol. The molecule has 0 radical (unpaired) electrons. The molecule has 1 aliphatic heterocycles. The van der Waals surface area contributed by atoms with Crippen molar-refractivity contribution in [2.75, 3.05) is 5.32 Å². The number of carbonyl (C=O) groups excluding carboxylic acids is 1. The smallest absolute Gasteiger partial charge is 0.366 e. The molecule has 4 rings (SSSR count). The number of benzene rings is 2. The highest BCUT2D eigenvalue weighted by Crippen LogP contribution is 2.43. The summed E-state index contributed by atoms with van der Waals surface area (Å²) in [6, 6.07) is 5.66. The maximum Gasteiger partial charge on any atom is 0.416 e. The zero-order valence-electron chi connectivity index (χ0n) is 19.5. The number of nitrogens with zero attached hydrogens (tertiary/aromatic N) is 1. The summed E-state index contributed by atoms with van der Waals surface area (Å²) in [7, 11) is 0. The molecular weight excluding hydrogens is 474 g/mol. The fraction of sp³-hybridized carbons (Fsp3) is 0.400. The normalized spacial score (nSPS) is 17.9. The van der Waals surface area contributed by atoms with E-state index < -0.39 is 46.9 Å². The van der Waals surface area contributed by atoms with Crippen LogP contribution in [0, 0.1) is 6.92 Å². The van der Waals surface area contributed by atoms with Gasteiger partial charge in [-0.15, -0.1) is 0 Å². The van der Waals surface area contributed by atoms with Gasteiger partial charge < -0.3 is 10.1 Å². The highest BCUT2D eigenvalue weighted by atomic mass is 19.4. The first-order valence-corrected chi connectivity index (χ1v) is 11.0. The van der Waals surface area contributed by atoms with Gasteiger partial charge in [0.15, 0.2) is 0 Å². The molecule has 4 nitrogen and oxygen atoms in total. The number of anilines is 1. The molecule has 0 unspecified atom stereocenters. The number of alkyl halides is 6. The van der Waals surface area contributed by atoms with E-state index in [1.807, 2.05) is 39.8 Å². The SMILES string of the molecule is CC[C@@H]1OC(C)(C)Cc2c1n(C(=O)Nc1cc(C(F)(F)F)cc(C(F)(F)F)c1)c1cc(C)ccc21. The molecule has 0 saturated carbocycles. The molecule has 35 heavy (non-hydrogen) atoms. The molecule has 0 aliphatic carbocycles. The Bertz CT molecular complexity index is 1270. The van der Waals surface area contributed by atoms with Gasteiger partial charge in [0.05, 0.1) is 34.0 Å². The number of hydrogen-bond acceptors (Lipinski definition) is 2. The van der Waals surface area contributed by atoms with Crippen molar-refractivity contribution in [2.45, 2.75) is 64.6 Å². The van der Waals surface area contributed by atoms with Gasteiger partial charge in [0.2, 0.25) is 0 Å². The summed E-state index contributed by atoms with van der Waals surface area (Å²) in [5, 5.41) is 3.05. The third kappa shape index (κ3) is 4.76. The summed E-state index contributed by atoms with van der Waals surface area (Å²) in [6.45, 7) is 7.56. The van der Waals surface area contributed by atoms with E-state index >= 15 is 0 Å². The lowest BCUT2D eigenvalue weighted by Crippen LogP contribution is -2.36. The summed E-state index contributed by atoms with van der Waals surface area (Å²) >= 11 is 0. The summed E-state index contributed by atoms with van der Waals surface area (Å²) in [5.41, 5.74) is -1.36. The van der Waals surface area contributed by atoms with Crippen molar-refractivity contribution in [3.05, 3.63) is 64.3 Å². The number of amides is 1. The number of rotatable bonds is 2. The van der Waals surface area contributed by atoms with E-state index in [9.17, 15) is 31.1 Å². The fourth-order valence-corrected chi connectivity index (χ4v) is 4.62. The topological polar surface area (TPSA) is 43.3 Å². The van der Waals surface area contributed by atoms with Crippen LogP contribution in [-0.2, 0) is 23.5 Å². The van der Waals surface area contributed by atoms with Gasteiger partial charge in [-0.05, 0) is 62.6 Å². The Hall–Kier alpha value is -3.01. The second kappa shape index (κ2) is 8.29. The van der Waals surface area contributed by atoms with Crippen molar-refractivity contribution in [2.24, 2.45) is 0 Å². The van der Waals surface area contributed by atoms with E-state index in [0.717, 1.165) is 16.5 Å². The molecule has 0 bridgehead atoms. The van der Waals surface area contributed by atoms with E-state index in [4.69, 9.17) is 4.74 Å². The van der Waals surface area contributed by atoms with Crippen molar-refractivity contribution in [3.8, 4) is 0 Å². The minimum Gasteiger partial charge on any atom is -0.366 e. The van der Waals surface area contributed by atoms with E-state index in [2.05, 4.69) is 5.32 Å². The van der Waals surface area contributed by atoms with Crippen LogP contribution in [0.1, 0.15) is 61.2 Å². The van der Waals surface area contributed by atoms with Crippen LogP contribution < -0.4 is 5.32 Å². The van der Waals surface area contributed by atoms with Gasteiger partial charge >= 0.3 is 18.4 Å². The van der Waals surface area contributed by atoms with Gasteiger partial charge in [-0.3, -0.25) is 4.57 Å². The summed E-state index contributed by atoms with van der Waals surface area (Å²) in [5.74, 6) is 0. The lowest BCUT2D eigenvalue weighted by molar-refractivity contribution is -0.143. The molecule has 188 valence electrons. The number of ether oxygens (including phenoxy) is 1. The van der Waals surface area contributed by atoms with Crippen LogP contribution in [0.15, 0.2) is 36.4 Å². The second-order valence-electron chi connectivity index (χ2n) is 9.40. The number of aromatic nitrogens is 1. The summed E-state index contributed by atoms with van der Waals surface area (Å²) in [4.78, 5) is 13.5. The Morgan fingerprint density at radius 3 is 2.20 bits per heavy atom. The number of aryl methyl sites for hydroxylation is 1. The van der Waals surface area contributed by atoms with E-state index in [1.165, 1.54) is 4.57 Å². The zero-order valence-corrected chi connectivity index (χ0v) is 19.5. The maximum absolute atomic E-state index is 13.5. The Morgan fingerprint density at radius 2 is 1.66 bits per heavy atom. The van der Waals surface area contributed by atoms with Crippen molar-refractivity contribution in [1.29, 1.82) is 0 Å². The first kappa shape index (κ1) is 25.1. The van der Waals surface area contributed by atoms with Crippen LogP contribution in [0.4, 0.5) is 36.8 Å². The van der Waals surface area contributed by atoms with Crippen LogP contribution in [0.25, 0.3) is 10.9 Å². The third-order valence-corrected chi connectivity index (χ3v) is 6.05. The van der Waals surface area contributed by atoms with Crippen molar-refractivity contribution >= 4 is 22.6 Å². The minimum atomic E-state index is -5.02. The standard InChI is InChI=1S/C25H24F6N2O2/c1-5-20-21-18(12-23(3,4)35-20)17-7-6-13(2)8-19(17)33(21)22(34)32-16-10-14(24(26,27)28)9-15(11-16)25(29,30)31/h6-11,20H,5,12H2,1-4H3,(H,32,34)/t20-/m0/s1. The van der Waals surface area contributed by atoms with Gasteiger partial charge in [-0.25, -0.2) is 4.79 Å².